The van der Waals surface area contributed by atoms with Crippen LogP contribution in [-0.4, -0.2) is 23.9 Å². The summed E-state index contributed by atoms with van der Waals surface area (Å²) in [6.45, 7) is 1.84. The zero-order valence-corrected chi connectivity index (χ0v) is 20.3. The summed E-state index contributed by atoms with van der Waals surface area (Å²) in [5.74, 6) is 1.23. The van der Waals surface area contributed by atoms with Gasteiger partial charge in [0.15, 0.2) is 0 Å². The van der Waals surface area contributed by atoms with Gasteiger partial charge in [0.05, 0.1) is 13.0 Å². The minimum atomic E-state index is -0.713. The Bertz CT molecular complexity index is 1200. The summed E-state index contributed by atoms with van der Waals surface area (Å²) in [7, 11) is 1.58. The monoisotopic (exact) mass is 476 g/mol. The van der Waals surface area contributed by atoms with Gasteiger partial charge >= 0.3 is 5.97 Å². The highest BCUT2D eigenvalue weighted by molar-refractivity contribution is 7.99. The molecule has 5 heteroatoms. The van der Waals surface area contributed by atoms with Crippen molar-refractivity contribution in [1.29, 1.82) is 0 Å². The van der Waals surface area contributed by atoms with E-state index in [4.69, 9.17) is 4.74 Å². The van der Waals surface area contributed by atoms with Crippen LogP contribution in [0.5, 0.6) is 5.75 Å². The molecule has 1 heterocycles. The van der Waals surface area contributed by atoms with Gasteiger partial charge in [0.1, 0.15) is 11.6 Å². The molecule has 0 radical (unpaired) electrons. The first-order valence-corrected chi connectivity index (χ1v) is 12.9. The molecule has 0 saturated heterocycles. The third kappa shape index (κ3) is 4.58. The maximum atomic E-state index is 14.4. The summed E-state index contributed by atoms with van der Waals surface area (Å²) in [6, 6.07) is 19.6. The van der Waals surface area contributed by atoms with Gasteiger partial charge in [0, 0.05) is 16.2 Å². The van der Waals surface area contributed by atoms with E-state index in [-0.39, 0.29) is 17.7 Å². The molecular formula is C29H29FO3S. The van der Waals surface area contributed by atoms with E-state index in [9.17, 15) is 14.3 Å². The average molecular weight is 477 g/mol. The van der Waals surface area contributed by atoms with Crippen LogP contribution in [0.1, 0.15) is 48.3 Å². The minimum Gasteiger partial charge on any atom is -0.497 e. The van der Waals surface area contributed by atoms with Gasteiger partial charge in [-0.25, -0.2) is 4.39 Å². The molecule has 34 heavy (non-hydrogen) atoms. The smallest absolute Gasteiger partial charge is 0.306 e. The normalized spacial score (nSPS) is 19.2. The van der Waals surface area contributed by atoms with Crippen LogP contribution in [0, 0.1) is 17.7 Å². The van der Waals surface area contributed by atoms with Crippen molar-refractivity contribution in [1.82, 2.24) is 0 Å². The average Bonchev–Trinajstić information content (AvgIpc) is 3.69. The number of methoxy groups -OCH3 is 1. The number of thioether (sulfide) groups is 1. The molecule has 2 aliphatic rings. The number of carboxylic acid groups (broad SMARTS) is 1. The van der Waals surface area contributed by atoms with Gasteiger partial charge in [0.2, 0.25) is 0 Å². The molecule has 0 aromatic heterocycles. The topological polar surface area (TPSA) is 46.5 Å². The van der Waals surface area contributed by atoms with Crippen LogP contribution < -0.4 is 4.74 Å². The van der Waals surface area contributed by atoms with Crippen molar-refractivity contribution in [3.63, 3.8) is 0 Å². The Morgan fingerprint density at radius 2 is 1.85 bits per heavy atom. The standard InChI is InChI=1S/C29H29FO3S/c1-17(29(31)32)28(20-7-8-20)21-9-12-27-22(13-21)14-23(16-34-27)18-3-5-19(6-4-18)25-15-24(33-2)10-11-26(25)30/h3-6,9-13,15,17,20,23,28H,7-8,14,16H2,1-2H3,(H,31,32)/t17-,23?,28?/m0/s1. The van der Waals surface area contributed by atoms with E-state index >= 15 is 0 Å². The molecule has 1 fully saturated rings. The number of carboxylic acids is 1. The predicted octanol–water partition coefficient (Wildman–Crippen LogP) is 7.15. The van der Waals surface area contributed by atoms with Crippen molar-refractivity contribution in [2.45, 2.75) is 42.9 Å². The molecule has 3 nitrogen and oxygen atoms in total. The van der Waals surface area contributed by atoms with Gasteiger partial charge in [-0.3, -0.25) is 4.79 Å². The zero-order valence-electron chi connectivity index (χ0n) is 19.5. The SMILES string of the molecule is COc1ccc(F)c(-c2ccc(C3CSc4ccc(C(C5CC5)[C@H](C)C(=O)O)cc4C3)cc2)c1. The fourth-order valence-corrected chi connectivity index (χ4v) is 6.38. The lowest BCUT2D eigenvalue weighted by atomic mass is 9.82. The molecule has 1 saturated carbocycles. The molecular weight excluding hydrogens is 447 g/mol. The summed E-state index contributed by atoms with van der Waals surface area (Å²) < 4.78 is 19.6. The lowest BCUT2D eigenvalue weighted by Gasteiger charge is -2.27. The van der Waals surface area contributed by atoms with Gasteiger partial charge < -0.3 is 9.84 Å². The minimum absolute atomic E-state index is 0.0882. The van der Waals surface area contributed by atoms with E-state index in [1.54, 1.807) is 19.2 Å². The molecule has 0 amide bonds. The summed E-state index contributed by atoms with van der Waals surface area (Å²) in [5, 5.41) is 9.64. The first-order chi connectivity index (χ1) is 16.4. The fraction of sp³-hybridized carbons (Fsp3) is 0.345. The van der Waals surface area contributed by atoms with Crippen LogP contribution in [0.15, 0.2) is 65.6 Å². The molecule has 1 N–H and O–H groups in total. The van der Waals surface area contributed by atoms with Crippen LogP contribution in [-0.2, 0) is 11.2 Å². The zero-order chi connectivity index (χ0) is 23.8. The van der Waals surface area contributed by atoms with Crippen molar-refractivity contribution in [2.24, 2.45) is 11.8 Å². The lowest BCUT2D eigenvalue weighted by molar-refractivity contribution is -0.142. The summed E-state index contributed by atoms with van der Waals surface area (Å²) in [6.07, 6.45) is 3.18. The number of hydrogen-bond acceptors (Lipinski definition) is 3. The third-order valence-electron chi connectivity index (χ3n) is 7.30. The van der Waals surface area contributed by atoms with E-state index in [0.29, 0.717) is 23.1 Å². The van der Waals surface area contributed by atoms with Crippen LogP contribution >= 0.6 is 11.8 Å². The van der Waals surface area contributed by atoms with Crippen molar-refractivity contribution in [2.75, 3.05) is 12.9 Å². The Kier molecular flexibility index (Phi) is 6.39. The molecule has 1 aliphatic carbocycles. The highest BCUT2D eigenvalue weighted by atomic mass is 32.2. The molecule has 1 aliphatic heterocycles. The Hall–Kier alpha value is -2.79. The number of fused-ring (bicyclic) bond motifs is 1. The summed E-state index contributed by atoms with van der Waals surface area (Å²) in [4.78, 5) is 13.0. The Labute approximate surface area is 204 Å². The highest BCUT2D eigenvalue weighted by Gasteiger charge is 2.39. The maximum Gasteiger partial charge on any atom is 0.306 e. The number of halogens is 1. The van der Waals surface area contributed by atoms with E-state index in [2.05, 4.69) is 30.3 Å². The second-order valence-corrected chi connectivity index (χ2v) is 10.6. The van der Waals surface area contributed by atoms with Gasteiger partial charge in [0.25, 0.3) is 0 Å². The lowest BCUT2D eigenvalue weighted by Crippen LogP contribution is -2.21. The van der Waals surface area contributed by atoms with E-state index in [1.807, 2.05) is 30.8 Å². The Balaban J connectivity index is 1.37. The first kappa shape index (κ1) is 23.0. The van der Waals surface area contributed by atoms with Gasteiger partial charge in [-0.15, -0.1) is 11.8 Å². The second kappa shape index (κ2) is 9.46. The molecule has 3 atom stereocenters. The number of ether oxygens (including phenoxy) is 1. The number of hydrogen-bond donors (Lipinski definition) is 1. The largest absolute Gasteiger partial charge is 0.497 e. The van der Waals surface area contributed by atoms with Crippen molar-refractivity contribution in [3.05, 3.63) is 83.2 Å². The number of carbonyl (C=O) groups is 1. The third-order valence-corrected chi connectivity index (χ3v) is 8.58. The van der Waals surface area contributed by atoms with Gasteiger partial charge in [-0.1, -0.05) is 43.3 Å². The van der Waals surface area contributed by atoms with E-state index in [0.717, 1.165) is 30.6 Å². The van der Waals surface area contributed by atoms with Crippen molar-refractivity contribution >= 4 is 17.7 Å². The van der Waals surface area contributed by atoms with E-state index < -0.39 is 5.97 Å². The highest BCUT2D eigenvalue weighted by Crippen LogP contribution is 2.48. The quantitative estimate of drug-likeness (QED) is 0.393. The molecule has 5 rings (SSSR count). The molecule has 0 spiro atoms. The Morgan fingerprint density at radius 1 is 1.09 bits per heavy atom. The second-order valence-electron chi connectivity index (χ2n) is 9.54. The van der Waals surface area contributed by atoms with Gasteiger partial charge in [-0.2, -0.15) is 0 Å². The number of benzene rings is 3. The molecule has 3 aromatic rings. The molecule has 176 valence electrons. The fourth-order valence-electron chi connectivity index (χ4n) is 5.20. The van der Waals surface area contributed by atoms with Crippen molar-refractivity contribution < 1.29 is 19.0 Å². The Morgan fingerprint density at radius 3 is 2.53 bits per heavy atom. The van der Waals surface area contributed by atoms with Crippen molar-refractivity contribution in [3.8, 4) is 16.9 Å². The predicted molar refractivity (Wildman–Crippen MR) is 134 cm³/mol. The maximum absolute atomic E-state index is 14.4. The number of rotatable bonds is 7. The van der Waals surface area contributed by atoms with E-state index in [1.165, 1.54) is 27.7 Å². The molecule has 3 aromatic carbocycles. The first-order valence-electron chi connectivity index (χ1n) is 11.9. The number of aliphatic carboxylic acids is 1. The summed E-state index contributed by atoms with van der Waals surface area (Å²) >= 11 is 1.87. The van der Waals surface area contributed by atoms with Gasteiger partial charge in [-0.05, 0) is 83.5 Å². The molecule has 0 bridgehead atoms. The van der Waals surface area contributed by atoms with Crippen LogP contribution in [0.3, 0.4) is 0 Å². The molecule has 2 unspecified atom stereocenters. The summed E-state index contributed by atoms with van der Waals surface area (Å²) in [5.41, 5.74) is 5.10. The van der Waals surface area contributed by atoms with Crippen LogP contribution in [0.4, 0.5) is 4.39 Å². The van der Waals surface area contributed by atoms with Crippen LogP contribution in [0.2, 0.25) is 0 Å². The van der Waals surface area contributed by atoms with Crippen LogP contribution in [0.25, 0.3) is 11.1 Å².